The fourth-order valence-corrected chi connectivity index (χ4v) is 2.37. The molecular formula is C9H5Cl2F3O6S2. The maximum absolute atomic E-state index is 12.2. The molecule has 124 valence electrons. The minimum absolute atomic E-state index is 0.0425. The van der Waals surface area contributed by atoms with Gasteiger partial charge in [0.2, 0.25) is 12.3 Å². The first-order valence-electron chi connectivity index (χ1n) is 4.97. The lowest BCUT2D eigenvalue weighted by Crippen LogP contribution is -2.28. The van der Waals surface area contributed by atoms with Crippen LogP contribution >= 0.6 is 35.5 Å². The molecule has 1 N–H and O–H groups in total. The van der Waals surface area contributed by atoms with Gasteiger partial charge in [0.15, 0.2) is 0 Å². The highest BCUT2D eigenvalue weighted by molar-refractivity contribution is 7.89. The molecule has 0 heterocycles. The van der Waals surface area contributed by atoms with Gasteiger partial charge >= 0.3 is 21.6 Å². The van der Waals surface area contributed by atoms with Crippen LogP contribution in [0.3, 0.4) is 0 Å². The Labute approximate surface area is 136 Å². The highest BCUT2D eigenvalue weighted by Crippen LogP contribution is 2.34. The molecule has 0 saturated carbocycles. The van der Waals surface area contributed by atoms with E-state index in [4.69, 9.17) is 27.8 Å². The van der Waals surface area contributed by atoms with Crippen LogP contribution in [0.15, 0.2) is 12.1 Å². The van der Waals surface area contributed by atoms with Crippen molar-refractivity contribution in [3.05, 3.63) is 27.7 Å². The van der Waals surface area contributed by atoms with Crippen molar-refractivity contribution in [2.24, 2.45) is 0 Å². The predicted molar refractivity (Wildman–Crippen MR) is 72.1 cm³/mol. The molecule has 0 spiro atoms. The van der Waals surface area contributed by atoms with Gasteiger partial charge in [-0.15, -0.1) is 0 Å². The van der Waals surface area contributed by atoms with Crippen LogP contribution in [-0.4, -0.2) is 24.4 Å². The van der Waals surface area contributed by atoms with E-state index in [1.165, 1.54) is 0 Å². The van der Waals surface area contributed by atoms with E-state index in [0.29, 0.717) is 0 Å². The summed E-state index contributed by atoms with van der Waals surface area (Å²) >= 11 is 11.2. The number of hydrogen-bond donors (Lipinski definition) is 1. The van der Waals surface area contributed by atoms with Crippen molar-refractivity contribution in [2.75, 3.05) is 0 Å². The molecule has 0 aliphatic rings. The summed E-state index contributed by atoms with van der Waals surface area (Å²) in [5.74, 6) is -1.71. The van der Waals surface area contributed by atoms with Crippen LogP contribution in [0.1, 0.15) is 5.56 Å². The lowest BCUT2D eigenvalue weighted by atomic mass is 10.1. The Bertz CT molecular complexity index is 653. The summed E-state index contributed by atoms with van der Waals surface area (Å²) in [4.78, 5) is 11.2. The van der Waals surface area contributed by atoms with Gasteiger partial charge in [-0.1, -0.05) is 23.2 Å². The lowest BCUT2D eigenvalue weighted by molar-refractivity contribution is -0.132. The van der Waals surface area contributed by atoms with E-state index in [-0.39, 0.29) is 27.9 Å². The molecule has 6 nitrogen and oxygen atoms in total. The fourth-order valence-electron chi connectivity index (χ4n) is 1.19. The first kappa shape index (κ1) is 19.2. The van der Waals surface area contributed by atoms with Crippen molar-refractivity contribution in [1.82, 2.24) is 0 Å². The normalized spacial score (nSPS) is 12.1. The van der Waals surface area contributed by atoms with E-state index in [9.17, 15) is 26.4 Å². The molecule has 1 aromatic carbocycles. The van der Waals surface area contributed by atoms with Crippen LogP contribution in [0.5, 0.6) is 5.75 Å². The van der Waals surface area contributed by atoms with E-state index < -0.39 is 33.8 Å². The Morgan fingerprint density at radius 3 is 2.18 bits per heavy atom. The maximum atomic E-state index is 12.2. The van der Waals surface area contributed by atoms with E-state index in [1.807, 2.05) is 0 Å². The van der Waals surface area contributed by atoms with Crippen LogP contribution in [0.25, 0.3) is 0 Å². The molecule has 0 aliphatic carbocycles. The molecular weight excluding hydrogens is 396 g/mol. The van der Waals surface area contributed by atoms with E-state index in [0.717, 1.165) is 12.1 Å². The second-order valence-corrected chi connectivity index (χ2v) is 6.22. The molecule has 0 unspecified atom stereocenters. The quantitative estimate of drug-likeness (QED) is 0.459. The van der Waals surface area contributed by atoms with Crippen molar-refractivity contribution in [3.63, 3.8) is 0 Å². The Morgan fingerprint density at radius 2 is 1.77 bits per heavy atom. The summed E-state index contributed by atoms with van der Waals surface area (Å²) in [6.07, 6.45) is -0.502. The smallest absolute Gasteiger partial charge is 0.376 e. The number of carbonyl (C=O) groups is 1. The van der Waals surface area contributed by atoms with E-state index in [1.54, 1.807) is 0 Å². The van der Waals surface area contributed by atoms with Gasteiger partial charge in [-0.3, -0.25) is 9.35 Å². The zero-order chi connectivity index (χ0) is 17.1. The minimum atomic E-state index is -5.87. The molecule has 13 heteroatoms. The summed E-state index contributed by atoms with van der Waals surface area (Å²) in [6.45, 7) is 0. The first-order valence-corrected chi connectivity index (χ1v) is 7.84. The standard InChI is InChI=1S/C9H5Cl2F3O6S2/c10-6-1-4(20-22(17,18)9(12,13)14)2-7(11)5(6)3-8(15)19-21-16/h1-2,16H,3H2. The lowest BCUT2D eigenvalue weighted by Gasteiger charge is -2.12. The van der Waals surface area contributed by atoms with Crippen LogP contribution in [0, 0.1) is 0 Å². The molecule has 0 atom stereocenters. The SMILES string of the molecule is O=C(Cc1c(Cl)cc(OS(=O)(=O)C(F)(F)F)cc1Cl)OSO. The van der Waals surface area contributed by atoms with Crippen LogP contribution in [0.4, 0.5) is 13.2 Å². The van der Waals surface area contributed by atoms with Crippen molar-refractivity contribution in [3.8, 4) is 5.75 Å². The number of rotatable bonds is 5. The first-order chi connectivity index (χ1) is 9.98. The van der Waals surface area contributed by atoms with Gasteiger partial charge in [0.1, 0.15) is 5.75 Å². The minimum Gasteiger partial charge on any atom is -0.376 e. The molecule has 0 aliphatic heterocycles. The molecule has 0 bridgehead atoms. The molecule has 0 saturated heterocycles. The zero-order valence-corrected chi connectivity index (χ0v) is 13.2. The van der Waals surface area contributed by atoms with Crippen LogP contribution < -0.4 is 4.18 Å². The summed E-state index contributed by atoms with van der Waals surface area (Å²) in [5, 5.41) is -0.639. The molecule has 1 aromatic rings. The number of alkyl halides is 3. The molecule has 0 radical (unpaired) electrons. The van der Waals surface area contributed by atoms with Crippen LogP contribution in [-0.2, 0) is 25.5 Å². The van der Waals surface area contributed by atoms with Crippen LogP contribution in [0.2, 0.25) is 10.0 Å². The molecule has 0 amide bonds. The van der Waals surface area contributed by atoms with Crippen molar-refractivity contribution < 1.29 is 39.3 Å². The maximum Gasteiger partial charge on any atom is 0.534 e. The molecule has 0 fully saturated rings. The van der Waals surface area contributed by atoms with Crippen molar-refractivity contribution in [1.29, 1.82) is 0 Å². The number of carbonyl (C=O) groups excluding carboxylic acids is 1. The average molecular weight is 401 g/mol. The highest BCUT2D eigenvalue weighted by Gasteiger charge is 2.48. The Morgan fingerprint density at radius 1 is 1.27 bits per heavy atom. The summed E-state index contributed by atoms with van der Waals surface area (Å²) in [6, 6.07) is 1.48. The summed E-state index contributed by atoms with van der Waals surface area (Å²) in [7, 11) is -5.87. The third-order valence-electron chi connectivity index (χ3n) is 2.06. The Balaban J connectivity index is 3.07. The zero-order valence-electron chi connectivity index (χ0n) is 10.1. The number of benzene rings is 1. The van der Waals surface area contributed by atoms with Gasteiger partial charge in [-0.2, -0.15) is 21.6 Å². The largest absolute Gasteiger partial charge is 0.534 e. The van der Waals surface area contributed by atoms with Gasteiger partial charge in [0, 0.05) is 27.7 Å². The van der Waals surface area contributed by atoms with Gasteiger partial charge in [0.25, 0.3) is 0 Å². The monoisotopic (exact) mass is 400 g/mol. The third-order valence-corrected chi connectivity index (χ3v) is 3.97. The second kappa shape index (κ2) is 7.13. The van der Waals surface area contributed by atoms with Crippen molar-refractivity contribution >= 4 is 51.6 Å². The van der Waals surface area contributed by atoms with Gasteiger partial charge < -0.3 is 8.37 Å². The van der Waals surface area contributed by atoms with E-state index >= 15 is 0 Å². The summed E-state index contributed by atoms with van der Waals surface area (Å²) in [5.41, 5.74) is -5.66. The van der Waals surface area contributed by atoms with Crippen molar-refractivity contribution in [2.45, 2.75) is 11.9 Å². The fraction of sp³-hybridized carbons (Fsp3) is 0.222. The summed E-state index contributed by atoms with van der Waals surface area (Å²) < 4.78 is 74.6. The molecule has 0 aromatic heterocycles. The van der Waals surface area contributed by atoms with Gasteiger partial charge in [-0.25, -0.2) is 0 Å². The van der Waals surface area contributed by atoms with Gasteiger partial charge in [0.05, 0.1) is 6.42 Å². The third kappa shape index (κ3) is 4.81. The topological polar surface area (TPSA) is 89.9 Å². The van der Waals surface area contributed by atoms with Gasteiger partial charge in [-0.05, 0) is 0 Å². The Kier molecular flexibility index (Phi) is 6.21. The highest BCUT2D eigenvalue weighted by atomic mass is 35.5. The molecule has 1 rings (SSSR count). The number of halogens is 5. The number of hydrogen-bond acceptors (Lipinski definition) is 7. The predicted octanol–water partition coefficient (Wildman–Crippen LogP) is 3.43. The second-order valence-electron chi connectivity index (χ2n) is 3.56. The molecule has 22 heavy (non-hydrogen) atoms. The average Bonchev–Trinajstić information content (AvgIpc) is 2.32. The van der Waals surface area contributed by atoms with E-state index in [2.05, 4.69) is 8.37 Å². The Hall–Kier alpha value is -0.880.